The number of piperidine rings is 1. The first-order chi connectivity index (χ1) is 7.98. The van der Waals surface area contributed by atoms with Crippen molar-refractivity contribution in [3.8, 4) is 0 Å². The molecule has 2 N–H and O–H groups in total. The molecule has 5 nitrogen and oxygen atoms in total. The molecule has 2 fully saturated rings. The molecule has 2 rings (SSSR count). The van der Waals surface area contributed by atoms with Gasteiger partial charge < -0.3 is 10.4 Å². The Labute approximate surface area is 102 Å². The number of carboxylic acids is 1. The number of aliphatic carboxylic acids is 1. The Morgan fingerprint density at radius 1 is 1.06 bits per heavy atom. The molecular weight excluding hydrogens is 242 g/mol. The summed E-state index contributed by atoms with van der Waals surface area (Å²) in [6, 6.07) is -0.418. The maximum absolute atomic E-state index is 11.3. The SMILES string of the molecule is O=C(O)C1CCC(C2CCS(=O)(=O)CC2)CN1. The van der Waals surface area contributed by atoms with Gasteiger partial charge in [-0.25, -0.2) is 8.42 Å². The standard InChI is InChI=1S/C11H19NO4S/c13-11(14)10-2-1-9(7-12-10)8-3-5-17(15,16)6-4-8/h8-10,12H,1-7H2,(H,13,14). The van der Waals surface area contributed by atoms with Gasteiger partial charge in [-0.3, -0.25) is 4.79 Å². The maximum atomic E-state index is 11.3. The Hall–Kier alpha value is -0.620. The molecule has 2 atom stereocenters. The summed E-state index contributed by atoms with van der Waals surface area (Å²) in [7, 11) is -2.79. The van der Waals surface area contributed by atoms with Gasteiger partial charge >= 0.3 is 5.97 Å². The van der Waals surface area contributed by atoms with Crippen LogP contribution < -0.4 is 5.32 Å². The lowest BCUT2D eigenvalue weighted by atomic mass is 9.81. The topological polar surface area (TPSA) is 83.5 Å². The van der Waals surface area contributed by atoms with E-state index in [-0.39, 0.29) is 0 Å². The normalized spacial score (nSPS) is 34.4. The Morgan fingerprint density at radius 2 is 1.71 bits per heavy atom. The smallest absolute Gasteiger partial charge is 0.320 e. The van der Waals surface area contributed by atoms with Crippen LogP contribution >= 0.6 is 0 Å². The summed E-state index contributed by atoms with van der Waals surface area (Å²) in [5.74, 6) is 0.712. The Balaban J connectivity index is 1.84. The average Bonchev–Trinajstić information content (AvgIpc) is 2.29. The lowest BCUT2D eigenvalue weighted by Gasteiger charge is -2.35. The fourth-order valence-corrected chi connectivity index (χ4v) is 4.40. The third-order valence-corrected chi connectivity index (χ3v) is 5.73. The second-order valence-corrected chi connectivity index (χ2v) is 7.43. The molecule has 17 heavy (non-hydrogen) atoms. The molecule has 6 heteroatoms. The van der Waals surface area contributed by atoms with Crippen LogP contribution in [0.5, 0.6) is 0 Å². The molecule has 0 bridgehead atoms. The Morgan fingerprint density at radius 3 is 2.18 bits per heavy atom. The number of sulfone groups is 1. The molecule has 2 aliphatic rings. The van der Waals surface area contributed by atoms with Gasteiger partial charge in [0.25, 0.3) is 0 Å². The molecule has 0 spiro atoms. The summed E-state index contributed by atoms with van der Waals surface area (Å²) in [6.45, 7) is 0.710. The number of hydrogen-bond acceptors (Lipinski definition) is 4. The average molecular weight is 261 g/mol. The molecule has 0 aromatic heterocycles. The monoisotopic (exact) mass is 261 g/mol. The second kappa shape index (κ2) is 4.94. The van der Waals surface area contributed by atoms with Crippen molar-refractivity contribution in [1.29, 1.82) is 0 Å². The van der Waals surface area contributed by atoms with E-state index in [9.17, 15) is 13.2 Å². The minimum absolute atomic E-state index is 0.302. The van der Waals surface area contributed by atoms with Crippen LogP contribution in [0.15, 0.2) is 0 Å². The summed E-state index contributed by atoms with van der Waals surface area (Å²) >= 11 is 0. The summed E-state index contributed by atoms with van der Waals surface area (Å²) in [4.78, 5) is 10.8. The number of nitrogens with one attached hydrogen (secondary N) is 1. The van der Waals surface area contributed by atoms with E-state index in [2.05, 4.69) is 5.32 Å². The highest BCUT2D eigenvalue weighted by Gasteiger charge is 2.33. The van der Waals surface area contributed by atoms with E-state index in [0.717, 1.165) is 19.3 Å². The zero-order valence-electron chi connectivity index (χ0n) is 9.76. The number of carboxylic acid groups (broad SMARTS) is 1. The van der Waals surface area contributed by atoms with Gasteiger partial charge in [-0.2, -0.15) is 0 Å². The molecule has 2 unspecified atom stereocenters. The van der Waals surface area contributed by atoms with E-state index in [0.29, 0.717) is 36.3 Å². The van der Waals surface area contributed by atoms with Gasteiger partial charge in [0, 0.05) is 0 Å². The summed E-state index contributed by atoms with van der Waals surface area (Å²) in [5.41, 5.74) is 0. The van der Waals surface area contributed by atoms with Crippen molar-refractivity contribution in [2.75, 3.05) is 18.1 Å². The molecule has 2 heterocycles. The molecule has 0 saturated carbocycles. The first-order valence-corrected chi connectivity index (χ1v) is 7.97. The third-order valence-electron chi connectivity index (χ3n) is 4.02. The zero-order chi connectivity index (χ0) is 12.5. The predicted molar refractivity (Wildman–Crippen MR) is 63.5 cm³/mol. The van der Waals surface area contributed by atoms with Crippen LogP contribution in [0.3, 0.4) is 0 Å². The van der Waals surface area contributed by atoms with Gasteiger partial charge in [0.15, 0.2) is 0 Å². The van der Waals surface area contributed by atoms with Crippen molar-refractivity contribution in [2.45, 2.75) is 31.7 Å². The maximum Gasteiger partial charge on any atom is 0.320 e. The second-order valence-electron chi connectivity index (χ2n) is 5.13. The highest BCUT2D eigenvalue weighted by atomic mass is 32.2. The largest absolute Gasteiger partial charge is 0.480 e. The van der Waals surface area contributed by atoms with Gasteiger partial charge in [-0.05, 0) is 44.1 Å². The fraction of sp³-hybridized carbons (Fsp3) is 0.909. The zero-order valence-corrected chi connectivity index (χ0v) is 10.6. The van der Waals surface area contributed by atoms with Crippen molar-refractivity contribution >= 4 is 15.8 Å². The Kier molecular flexibility index (Phi) is 3.73. The number of hydrogen-bond donors (Lipinski definition) is 2. The van der Waals surface area contributed by atoms with E-state index >= 15 is 0 Å². The minimum atomic E-state index is -2.79. The van der Waals surface area contributed by atoms with Gasteiger partial charge in [0.2, 0.25) is 0 Å². The van der Waals surface area contributed by atoms with Crippen LogP contribution in [0.25, 0.3) is 0 Å². The van der Waals surface area contributed by atoms with Crippen LogP contribution in [-0.2, 0) is 14.6 Å². The lowest BCUT2D eigenvalue weighted by molar-refractivity contribution is -0.140. The number of carbonyl (C=O) groups is 1. The summed E-state index contributed by atoms with van der Waals surface area (Å²) in [6.07, 6.45) is 3.04. The Bertz CT molecular complexity index is 370. The molecule has 98 valence electrons. The van der Waals surface area contributed by atoms with E-state index in [1.54, 1.807) is 0 Å². The quantitative estimate of drug-likeness (QED) is 0.745. The van der Waals surface area contributed by atoms with Crippen molar-refractivity contribution in [3.05, 3.63) is 0 Å². The molecule has 2 saturated heterocycles. The van der Waals surface area contributed by atoms with E-state index < -0.39 is 21.8 Å². The van der Waals surface area contributed by atoms with Crippen LogP contribution in [0.4, 0.5) is 0 Å². The number of rotatable bonds is 2. The highest BCUT2D eigenvalue weighted by molar-refractivity contribution is 7.91. The van der Waals surface area contributed by atoms with Crippen LogP contribution in [0.2, 0.25) is 0 Å². The van der Waals surface area contributed by atoms with Gasteiger partial charge in [-0.1, -0.05) is 0 Å². The van der Waals surface area contributed by atoms with Crippen LogP contribution in [-0.4, -0.2) is 43.6 Å². The molecule has 2 aliphatic heterocycles. The van der Waals surface area contributed by atoms with Crippen molar-refractivity contribution in [2.24, 2.45) is 11.8 Å². The van der Waals surface area contributed by atoms with E-state index in [4.69, 9.17) is 5.11 Å². The summed E-state index contributed by atoms with van der Waals surface area (Å²) < 4.78 is 22.7. The minimum Gasteiger partial charge on any atom is -0.480 e. The molecule has 0 radical (unpaired) electrons. The third kappa shape index (κ3) is 3.19. The van der Waals surface area contributed by atoms with E-state index in [1.165, 1.54) is 0 Å². The van der Waals surface area contributed by atoms with Crippen molar-refractivity contribution in [1.82, 2.24) is 5.32 Å². The van der Waals surface area contributed by atoms with E-state index in [1.807, 2.05) is 0 Å². The van der Waals surface area contributed by atoms with Crippen molar-refractivity contribution in [3.63, 3.8) is 0 Å². The molecule has 0 aromatic carbocycles. The molecular formula is C11H19NO4S. The van der Waals surface area contributed by atoms with Crippen LogP contribution in [0, 0.1) is 11.8 Å². The van der Waals surface area contributed by atoms with Gasteiger partial charge in [0.1, 0.15) is 15.9 Å². The molecule has 0 amide bonds. The van der Waals surface area contributed by atoms with Crippen molar-refractivity contribution < 1.29 is 18.3 Å². The summed E-state index contributed by atoms with van der Waals surface area (Å²) in [5, 5.41) is 11.9. The predicted octanol–water partition coefficient (Wildman–Crippen LogP) is 0.264. The first kappa shape index (κ1) is 12.8. The van der Waals surface area contributed by atoms with Gasteiger partial charge in [-0.15, -0.1) is 0 Å². The van der Waals surface area contributed by atoms with Gasteiger partial charge in [0.05, 0.1) is 11.5 Å². The lowest BCUT2D eigenvalue weighted by Crippen LogP contribution is -2.46. The molecule has 0 aliphatic carbocycles. The molecule has 0 aromatic rings. The first-order valence-electron chi connectivity index (χ1n) is 6.14. The highest BCUT2D eigenvalue weighted by Crippen LogP contribution is 2.31. The van der Waals surface area contributed by atoms with Crippen LogP contribution in [0.1, 0.15) is 25.7 Å². The fourth-order valence-electron chi connectivity index (χ4n) is 2.87.